The third kappa shape index (κ3) is 4.71. The molecule has 0 saturated heterocycles. The SMILES string of the molecule is Cn1nc(C(F)(F)F)cc1-c1cc(Oc2ccc3nc(N[C@@H]4CCCC[C@H]4O)sc3c2)ccn1. The van der Waals surface area contributed by atoms with E-state index in [-0.39, 0.29) is 17.8 Å². The van der Waals surface area contributed by atoms with Crippen LogP contribution in [0.15, 0.2) is 42.6 Å². The maximum absolute atomic E-state index is 13.0. The van der Waals surface area contributed by atoms with Crippen molar-refractivity contribution >= 4 is 26.7 Å². The molecule has 0 amide bonds. The number of aryl methyl sites for hydroxylation is 1. The number of hydrogen-bond donors (Lipinski definition) is 2. The number of nitrogens with one attached hydrogen (secondary N) is 1. The number of rotatable bonds is 5. The van der Waals surface area contributed by atoms with E-state index in [1.807, 2.05) is 12.1 Å². The first kappa shape index (κ1) is 22.6. The summed E-state index contributed by atoms with van der Waals surface area (Å²) in [5.41, 5.74) is 0.393. The summed E-state index contributed by atoms with van der Waals surface area (Å²) in [6.07, 6.45) is 0.418. The Morgan fingerprint density at radius 1 is 1.12 bits per heavy atom. The number of nitrogens with zero attached hydrogens (tertiary/aromatic N) is 4. The summed E-state index contributed by atoms with van der Waals surface area (Å²) in [4.78, 5) is 8.78. The van der Waals surface area contributed by atoms with Gasteiger partial charge in [0.1, 0.15) is 11.5 Å². The predicted molar refractivity (Wildman–Crippen MR) is 123 cm³/mol. The fourth-order valence-corrected chi connectivity index (χ4v) is 5.02. The Kier molecular flexibility index (Phi) is 5.90. The average molecular weight is 490 g/mol. The fourth-order valence-electron chi connectivity index (χ4n) is 4.06. The molecule has 1 aliphatic rings. The zero-order chi connectivity index (χ0) is 23.9. The quantitative estimate of drug-likeness (QED) is 0.379. The number of alkyl halides is 3. The molecule has 11 heteroatoms. The molecule has 7 nitrogen and oxygen atoms in total. The molecule has 0 aliphatic heterocycles. The smallest absolute Gasteiger partial charge is 0.435 e. The van der Waals surface area contributed by atoms with Crippen molar-refractivity contribution in [2.24, 2.45) is 7.05 Å². The minimum atomic E-state index is -4.53. The summed E-state index contributed by atoms with van der Waals surface area (Å²) in [5, 5.41) is 17.8. The van der Waals surface area contributed by atoms with Gasteiger partial charge in [0.2, 0.25) is 0 Å². The molecule has 3 aromatic heterocycles. The van der Waals surface area contributed by atoms with E-state index in [1.54, 1.807) is 18.2 Å². The van der Waals surface area contributed by atoms with E-state index in [0.29, 0.717) is 17.2 Å². The van der Waals surface area contributed by atoms with Gasteiger partial charge in [-0.1, -0.05) is 24.2 Å². The zero-order valence-corrected chi connectivity index (χ0v) is 19.0. The lowest BCUT2D eigenvalue weighted by molar-refractivity contribution is -0.141. The molecular formula is C23H22F3N5O2S. The first-order valence-electron chi connectivity index (χ1n) is 10.9. The molecule has 1 fully saturated rings. The van der Waals surface area contributed by atoms with Gasteiger partial charge in [0.25, 0.3) is 0 Å². The highest BCUT2D eigenvalue weighted by atomic mass is 32.1. The van der Waals surface area contributed by atoms with E-state index >= 15 is 0 Å². The molecule has 0 radical (unpaired) electrons. The van der Waals surface area contributed by atoms with Gasteiger partial charge in [-0.15, -0.1) is 0 Å². The van der Waals surface area contributed by atoms with Crippen LogP contribution in [-0.2, 0) is 13.2 Å². The highest BCUT2D eigenvalue weighted by Gasteiger charge is 2.35. The lowest BCUT2D eigenvalue weighted by Crippen LogP contribution is -2.36. The topological polar surface area (TPSA) is 85.1 Å². The van der Waals surface area contributed by atoms with Gasteiger partial charge in [0.05, 0.1) is 33.8 Å². The van der Waals surface area contributed by atoms with E-state index < -0.39 is 11.9 Å². The van der Waals surface area contributed by atoms with Crippen molar-refractivity contribution in [3.05, 3.63) is 48.3 Å². The molecular weight excluding hydrogens is 467 g/mol. The van der Waals surface area contributed by atoms with Crippen LogP contribution in [-0.4, -0.2) is 37.0 Å². The molecule has 0 spiro atoms. The molecule has 1 aromatic carbocycles. The minimum absolute atomic E-state index is 0.00476. The van der Waals surface area contributed by atoms with E-state index in [2.05, 4.69) is 20.4 Å². The number of pyridine rings is 1. The first-order chi connectivity index (χ1) is 16.3. The van der Waals surface area contributed by atoms with Crippen LogP contribution in [0.4, 0.5) is 18.3 Å². The van der Waals surface area contributed by atoms with Crippen molar-refractivity contribution < 1.29 is 23.0 Å². The molecule has 178 valence electrons. The number of anilines is 1. The Balaban J connectivity index is 1.35. The highest BCUT2D eigenvalue weighted by molar-refractivity contribution is 7.22. The van der Waals surface area contributed by atoms with Crippen LogP contribution in [0.1, 0.15) is 31.4 Å². The highest BCUT2D eigenvalue weighted by Crippen LogP contribution is 2.34. The van der Waals surface area contributed by atoms with Gasteiger partial charge in [-0.25, -0.2) is 4.98 Å². The number of aliphatic hydroxyl groups excluding tert-OH is 1. The summed E-state index contributed by atoms with van der Waals surface area (Å²) in [6.45, 7) is 0. The van der Waals surface area contributed by atoms with Crippen LogP contribution in [0.2, 0.25) is 0 Å². The van der Waals surface area contributed by atoms with Gasteiger partial charge in [-0.2, -0.15) is 18.3 Å². The molecule has 1 aliphatic carbocycles. The van der Waals surface area contributed by atoms with Gasteiger partial charge in [-0.05, 0) is 37.1 Å². The van der Waals surface area contributed by atoms with Crippen molar-refractivity contribution in [2.45, 2.75) is 44.0 Å². The summed E-state index contributed by atoms with van der Waals surface area (Å²) in [6, 6.07) is 9.68. The van der Waals surface area contributed by atoms with E-state index in [4.69, 9.17) is 4.74 Å². The van der Waals surface area contributed by atoms with Crippen molar-refractivity contribution in [1.82, 2.24) is 19.7 Å². The van der Waals surface area contributed by atoms with Gasteiger partial charge >= 0.3 is 6.18 Å². The summed E-state index contributed by atoms with van der Waals surface area (Å²) in [5.74, 6) is 1.01. The maximum Gasteiger partial charge on any atom is 0.435 e. The standard InChI is InChI=1S/C23H22F3N5O2S/c1-31-18(12-21(30-31)23(24,25)26)17-10-14(8-9-27-17)33-13-6-7-16-20(11-13)34-22(29-16)28-15-4-2-3-5-19(15)32/h6-12,15,19,32H,2-5H2,1H3,(H,28,29)/t15-,19-/m1/s1. The van der Waals surface area contributed by atoms with Crippen molar-refractivity contribution in [2.75, 3.05) is 5.32 Å². The van der Waals surface area contributed by atoms with Crippen molar-refractivity contribution in [3.8, 4) is 22.9 Å². The van der Waals surface area contributed by atoms with Crippen LogP contribution in [0.3, 0.4) is 0 Å². The van der Waals surface area contributed by atoms with Crippen LogP contribution in [0.5, 0.6) is 11.5 Å². The number of aliphatic hydroxyl groups is 1. The normalized spacial score (nSPS) is 18.9. The van der Waals surface area contributed by atoms with Crippen molar-refractivity contribution in [3.63, 3.8) is 0 Å². The Bertz CT molecular complexity index is 1320. The van der Waals surface area contributed by atoms with E-state index in [0.717, 1.165) is 51.8 Å². The summed E-state index contributed by atoms with van der Waals surface area (Å²) in [7, 11) is 1.44. The third-order valence-corrected chi connectivity index (χ3v) is 6.75. The fraction of sp³-hybridized carbons (Fsp3) is 0.348. The number of hydrogen-bond acceptors (Lipinski definition) is 7. The number of ether oxygens (including phenoxy) is 1. The Hall–Kier alpha value is -3.18. The number of fused-ring (bicyclic) bond motifs is 1. The second-order valence-corrected chi connectivity index (χ2v) is 9.30. The minimum Gasteiger partial charge on any atom is -0.457 e. The van der Waals surface area contributed by atoms with Gasteiger partial charge in [0, 0.05) is 25.4 Å². The number of benzene rings is 1. The van der Waals surface area contributed by atoms with E-state index in [9.17, 15) is 18.3 Å². The molecule has 0 unspecified atom stereocenters. The summed E-state index contributed by atoms with van der Waals surface area (Å²) >= 11 is 1.48. The van der Waals surface area contributed by atoms with Gasteiger partial charge < -0.3 is 15.2 Å². The molecule has 0 bridgehead atoms. The van der Waals surface area contributed by atoms with Crippen molar-refractivity contribution in [1.29, 1.82) is 0 Å². The number of thiazole rings is 1. The second-order valence-electron chi connectivity index (χ2n) is 8.27. The van der Waals surface area contributed by atoms with Crippen LogP contribution < -0.4 is 10.1 Å². The molecule has 3 heterocycles. The Morgan fingerprint density at radius 3 is 2.68 bits per heavy atom. The van der Waals surface area contributed by atoms with Crippen LogP contribution in [0.25, 0.3) is 21.6 Å². The number of halogens is 3. The largest absolute Gasteiger partial charge is 0.457 e. The predicted octanol–water partition coefficient (Wildman–Crippen LogP) is 5.62. The van der Waals surface area contributed by atoms with Gasteiger partial charge in [0.15, 0.2) is 10.8 Å². The molecule has 1 saturated carbocycles. The molecule has 2 atom stereocenters. The molecule has 34 heavy (non-hydrogen) atoms. The first-order valence-corrected chi connectivity index (χ1v) is 11.7. The van der Waals surface area contributed by atoms with Crippen LogP contribution >= 0.6 is 11.3 Å². The Morgan fingerprint density at radius 2 is 1.91 bits per heavy atom. The lowest BCUT2D eigenvalue weighted by atomic mass is 9.93. The second kappa shape index (κ2) is 8.88. The molecule has 4 aromatic rings. The molecule has 5 rings (SSSR count). The maximum atomic E-state index is 13.0. The molecule has 2 N–H and O–H groups in total. The Labute approximate surface area is 197 Å². The zero-order valence-electron chi connectivity index (χ0n) is 18.2. The van der Waals surface area contributed by atoms with Gasteiger partial charge in [-0.3, -0.25) is 9.67 Å². The lowest BCUT2D eigenvalue weighted by Gasteiger charge is -2.27. The average Bonchev–Trinajstić information content (AvgIpc) is 3.38. The number of aromatic nitrogens is 4. The monoisotopic (exact) mass is 489 g/mol. The van der Waals surface area contributed by atoms with Crippen LogP contribution in [0, 0.1) is 0 Å². The third-order valence-electron chi connectivity index (χ3n) is 5.80. The van der Waals surface area contributed by atoms with E-state index in [1.165, 1.54) is 24.6 Å². The summed E-state index contributed by atoms with van der Waals surface area (Å²) < 4.78 is 47.0.